The number of benzene rings is 1. The van der Waals surface area contributed by atoms with Crippen LogP contribution in [0, 0.1) is 11.8 Å². The van der Waals surface area contributed by atoms with Gasteiger partial charge >= 0.3 is 0 Å². The quantitative estimate of drug-likeness (QED) is 0.452. The van der Waals surface area contributed by atoms with Crippen LogP contribution in [0.3, 0.4) is 0 Å². The van der Waals surface area contributed by atoms with Crippen molar-refractivity contribution in [3.8, 4) is 11.5 Å². The summed E-state index contributed by atoms with van der Waals surface area (Å²) in [6, 6.07) is 5.55. The minimum atomic E-state index is 0.112. The van der Waals surface area contributed by atoms with E-state index in [9.17, 15) is 5.11 Å². The number of thiocarbonyl (C=S) groups is 1. The van der Waals surface area contributed by atoms with Crippen molar-refractivity contribution >= 4 is 23.5 Å². The van der Waals surface area contributed by atoms with Gasteiger partial charge in [0.05, 0.1) is 13.3 Å². The van der Waals surface area contributed by atoms with Gasteiger partial charge in [-0.1, -0.05) is 6.42 Å². The van der Waals surface area contributed by atoms with E-state index in [4.69, 9.17) is 17.0 Å². The molecule has 0 aromatic heterocycles. The Morgan fingerprint density at radius 2 is 2.27 bits per heavy atom. The van der Waals surface area contributed by atoms with E-state index in [2.05, 4.69) is 15.8 Å². The molecule has 1 aromatic carbocycles. The molecule has 2 fully saturated rings. The van der Waals surface area contributed by atoms with E-state index in [1.54, 1.807) is 24.4 Å². The lowest BCUT2D eigenvalue weighted by molar-refractivity contribution is 0.373. The second-order valence-corrected chi connectivity index (χ2v) is 6.46. The lowest BCUT2D eigenvalue weighted by Crippen LogP contribution is -2.42. The van der Waals surface area contributed by atoms with E-state index >= 15 is 0 Å². The van der Waals surface area contributed by atoms with Crippen LogP contribution in [-0.2, 0) is 0 Å². The molecule has 118 valence electrons. The van der Waals surface area contributed by atoms with Crippen LogP contribution < -0.4 is 15.5 Å². The third-order valence-electron chi connectivity index (χ3n) is 4.64. The van der Waals surface area contributed by atoms with E-state index in [1.807, 2.05) is 0 Å². The number of hydrogen-bond acceptors (Lipinski definition) is 4. The van der Waals surface area contributed by atoms with Crippen molar-refractivity contribution in [2.24, 2.45) is 16.9 Å². The average molecular weight is 319 g/mol. The Morgan fingerprint density at radius 1 is 1.41 bits per heavy atom. The van der Waals surface area contributed by atoms with Crippen molar-refractivity contribution in [1.29, 1.82) is 0 Å². The molecule has 1 aromatic rings. The van der Waals surface area contributed by atoms with Crippen molar-refractivity contribution in [1.82, 2.24) is 10.7 Å². The highest BCUT2D eigenvalue weighted by molar-refractivity contribution is 7.80. The zero-order valence-corrected chi connectivity index (χ0v) is 13.4. The summed E-state index contributed by atoms with van der Waals surface area (Å²) in [5.74, 6) is 2.20. The number of fused-ring (bicyclic) bond motifs is 2. The number of hydrogen-bond donors (Lipinski definition) is 3. The number of aromatic hydroxyl groups is 1. The maximum Gasteiger partial charge on any atom is 0.187 e. The number of ether oxygens (including phenoxy) is 1. The zero-order chi connectivity index (χ0) is 15.5. The maximum atomic E-state index is 9.54. The first-order chi connectivity index (χ1) is 10.7. The number of phenols is 1. The van der Waals surface area contributed by atoms with Gasteiger partial charge in [-0.3, -0.25) is 5.43 Å². The van der Waals surface area contributed by atoms with Crippen molar-refractivity contribution in [2.45, 2.75) is 31.7 Å². The summed E-state index contributed by atoms with van der Waals surface area (Å²) >= 11 is 5.29. The Morgan fingerprint density at radius 3 is 2.95 bits per heavy atom. The second kappa shape index (κ2) is 6.52. The van der Waals surface area contributed by atoms with Crippen LogP contribution in [0.15, 0.2) is 23.3 Å². The summed E-state index contributed by atoms with van der Waals surface area (Å²) in [6.45, 7) is 0. The van der Waals surface area contributed by atoms with Gasteiger partial charge in [-0.2, -0.15) is 5.10 Å². The molecule has 6 heteroatoms. The van der Waals surface area contributed by atoms with Gasteiger partial charge in [0.1, 0.15) is 0 Å². The van der Waals surface area contributed by atoms with Crippen LogP contribution in [0.2, 0.25) is 0 Å². The fourth-order valence-corrected chi connectivity index (χ4v) is 3.77. The van der Waals surface area contributed by atoms with E-state index in [1.165, 1.54) is 32.8 Å². The average Bonchev–Trinajstić information content (AvgIpc) is 3.11. The summed E-state index contributed by atoms with van der Waals surface area (Å²) in [7, 11) is 1.52. The highest BCUT2D eigenvalue weighted by Gasteiger charge is 2.39. The maximum absolute atomic E-state index is 9.54. The predicted octanol–water partition coefficient (Wildman–Crippen LogP) is 2.39. The molecular weight excluding hydrogens is 298 g/mol. The SMILES string of the molecule is COc1cc(/C=N/NC(=S)NC2CC3CCC2C3)ccc1O. The van der Waals surface area contributed by atoms with Gasteiger partial charge in [0.25, 0.3) is 0 Å². The van der Waals surface area contributed by atoms with E-state index in [0.717, 1.165) is 17.4 Å². The minimum absolute atomic E-state index is 0.112. The monoisotopic (exact) mass is 319 g/mol. The number of rotatable bonds is 4. The molecule has 2 saturated carbocycles. The summed E-state index contributed by atoms with van der Waals surface area (Å²) < 4.78 is 5.06. The normalized spacial score (nSPS) is 26.3. The predicted molar refractivity (Wildman–Crippen MR) is 90.4 cm³/mol. The van der Waals surface area contributed by atoms with Gasteiger partial charge < -0.3 is 15.2 Å². The van der Waals surface area contributed by atoms with Crippen molar-refractivity contribution in [3.63, 3.8) is 0 Å². The minimum Gasteiger partial charge on any atom is -0.504 e. The number of hydrazone groups is 1. The van der Waals surface area contributed by atoms with E-state index < -0.39 is 0 Å². The van der Waals surface area contributed by atoms with Gasteiger partial charge in [0.2, 0.25) is 0 Å². The van der Waals surface area contributed by atoms with Gasteiger partial charge in [-0.25, -0.2) is 0 Å². The molecule has 0 spiro atoms. The van der Waals surface area contributed by atoms with Crippen LogP contribution in [0.4, 0.5) is 0 Å². The lowest BCUT2D eigenvalue weighted by Gasteiger charge is -2.23. The summed E-state index contributed by atoms with van der Waals surface area (Å²) in [4.78, 5) is 0. The number of nitrogens with one attached hydrogen (secondary N) is 2. The first kappa shape index (κ1) is 15.1. The first-order valence-corrected chi connectivity index (χ1v) is 8.03. The van der Waals surface area contributed by atoms with Gasteiger partial charge in [-0.05, 0) is 67.1 Å². The third kappa shape index (κ3) is 3.32. The van der Waals surface area contributed by atoms with E-state index in [0.29, 0.717) is 16.9 Å². The van der Waals surface area contributed by atoms with Gasteiger partial charge in [-0.15, -0.1) is 0 Å². The topological polar surface area (TPSA) is 65.9 Å². The van der Waals surface area contributed by atoms with Crippen LogP contribution in [0.25, 0.3) is 0 Å². The molecule has 22 heavy (non-hydrogen) atoms. The van der Waals surface area contributed by atoms with Gasteiger partial charge in [0, 0.05) is 6.04 Å². The highest BCUT2D eigenvalue weighted by atomic mass is 32.1. The lowest BCUT2D eigenvalue weighted by atomic mass is 9.96. The standard InChI is InChI=1S/C16H21N3O2S/c1-21-15-8-11(3-5-14(15)20)9-17-19-16(22)18-13-7-10-2-4-12(13)6-10/h3,5,8-10,12-13,20H,2,4,6-7H2,1H3,(H2,18,19,22)/b17-9+. The van der Waals surface area contributed by atoms with Crippen molar-refractivity contribution in [2.75, 3.05) is 7.11 Å². The van der Waals surface area contributed by atoms with Crippen molar-refractivity contribution in [3.05, 3.63) is 23.8 Å². The fraction of sp³-hybridized carbons (Fsp3) is 0.500. The van der Waals surface area contributed by atoms with E-state index in [-0.39, 0.29) is 5.75 Å². The molecule has 3 rings (SSSR count). The van der Waals surface area contributed by atoms with Crippen LogP contribution in [-0.4, -0.2) is 29.6 Å². The molecule has 0 aliphatic heterocycles. The molecule has 3 unspecified atom stereocenters. The third-order valence-corrected chi connectivity index (χ3v) is 4.85. The smallest absolute Gasteiger partial charge is 0.187 e. The van der Waals surface area contributed by atoms with Crippen LogP contribution >= 0.6 is 12.2 Å². The van der Waals surface area contributed by atoms with Gasteiger partial charge in [0.15, 0.2) is 16.6 Å². The van der Waals surface area contributed by atoms with Crippen LogP contribution in [0.1, 0.15) is 31.2 Å². The number of nitrogens with zero attached hydrogens (tertiary/aromatic N) is 1. The second-order valence-electron chi connectivity index (χ2n) is 6.06. The molecule has 2 aliphatic carbocycles. The Hall–Kier alpha value is -1.82. The van der Waals surface area contributed by atoms with Crippen molar-refractivity contribution < 1.29 is 9.84 Å². The molecule has 2 aliphatic rings. The molecule has 0 amide bonds. The molecule has 2 bridgehead atoms. The Balaban J connectivity index is 1.50. The summed E-state index contributed by atoms with van der Waals surface area (Å²) in [5.41, 5.74) is 3.68. The molecule has 0 heterocycles. The highest BCUT2D eigenvalue weighted by Crippen LogP contribution is 2.44. The number of phenolic OH excluding ortho intramolecular Hbond substituents is 1. The molecular formula is C16H21N3O2S. The Kier molecular flexibility index (Phi) is 4.47. The molecule has 0 radical (unpaired) electrons. The Labute approximate surface area is 135 Å². The molecule has 3 N–H and O–H groups in total. The molecule has 5 nitrogen and oxygen atoms in total. The molecule has 3 atom stereocenters. The first-order valence-electron chi connectivity index (χ1n) is 7.62. The fourth-order valence-electron chi connectivity index (χ4n) is 3.56. The molecule has 0 saturated heterocycles. The Bertz CT molecular complexity index is 591. The summed E-state index contributed by atoms with van der Waals surface area (Å²) in [6.07, 6.45) is 6.92. The zero-order valence-electron chi connectivity index (χ0n) is 12.6. The summed E-state index contributed by atoms with van der Waals surface area (Å²) in [5, 5.41) is 17.6. The largest absolute Gasteiger partial charge is 0.504 e. The van der Waals surface area contributed by atoms with Crippen LogP contribution in [0.5, 0.6) is 11.5 Å². The number of methoxy groups -OCH3 is 1.